The summed E-state index contributed by atoms with van der Waals surface area (Å²) in [6.07, 6.45) is 9.09. The Morgan fingerprint density at radius 2 is 1.53 bits per heavy atom. The summed E-state index contributed by atoms with van der Waals surface area (Å²) in [5, 5.41) is 9.11. The maximum Gasteiger partial charge on any atom is 0.0700 e. The van der Waals surface area contributed by atoms with E-state index in [2.05, 4.69) is 13.8 Å². The molecule has 1 unspecified atom stereocenters. The lowest BCUT2D eigenvalue weighted by Gasteiger charge is -2.32. The van der Waals surface area contributed by atoms with Gasteiger partial charge in [0.25, 0.3) is 0 Å². The second kappa shape index (κ2) is 9.17. The topological polar surface area (TPSA) is 29.5 Å². The molecule has 0 aliphatic carbocycles. The van der Waals surface area contributed by atoms with Gasteiger partial charge in [-0.1, -0.05) is 46.0 Å². The Bertz CT molecular complexity index is 136. The summed E-state index contributed by atoms with van der Waals surface area (Å²) in [7, 11) is 1.79. The number of hydrogen-bond donors (Lipinski definition) is 1. The first-order valence-corrected chi connectivity index (χ1v) is 6.40. The first-order chi connectivity index (χ1) is 7.24. The minimum Gasteiger partial charge on any atom is -0.396 e. The molecule has 0 aliphatic heterocycles. The van der Waals surface area contributed by atoms with Crippen molar-refractivity contribution in [3.8, 4) is 0 Å². The quantitative estimate of drug-likeness (QED) is 0.566. The first-order valence-electron chi connectivity index (χ1n) is 6.40. The first kappa shape index (κ1) is 14.9. The van der Waals surface area contributed by atoms with Gasteiger partial charge in [-0.05, 0) is 19.3 Å². The molecule has 0 radical (unpaired) electrons. The van der Waals surface area contributed by atoms with Gasteiger partial charge in [-0.3, -0.25) is 0 Å². The van der Waals surface area contributed by atoms with Crippen LogP contribution in [0, 0.1) is 0 Å². The third-order valence-electron chi connectivity index (χ3n) is 3.22. The molecule has 1 N–H and O–H groups in total. The van der Waals surface area contributed by atoms with Crippen molar-refractivity contribution < 1.29 is 9.84 Å². The molecule has 0 fully saturated rings. The summed E-state index contributed by atoms with van der Waals surface area (Å²) in [5.41, 5.74) is -0.0556. The third-order valence-corrected chi connectivity index (χ3v) is 3.22. The normalized spacial score (nSPS) is 15.2. The number of hydrogen-bond acceptors (Lipinski definition) is 2. The van der Waals surface area contributed by atoms with Crippen LogP contribution in [-0.4, -0.2) is 24.4 Å². The summed E-state index contributed by atoms with van der Waals surface area (Å²) in [5.74, 6) is 0. The van der Waals surface area contributed by atoms with Crippen molar-refractivity contribution in [3.05, 3.63) is 0 Å². The van der Waals surface area contributed by atoms with E-state index in [0.717, 1.165) is 19.3 Å². The predicted octanol–water partition coefficient (Wildman–Crippen LogP) is 3.52. The number of aliphatic hydroxyl groups excluding tert-OH is 1. The molecule has 1 atom stereocenters. The fourth-order valence-electron chi connectivity index (χ4n) is 2.08. The summed E-state index contributed by atoms with van der Waals surface area (Å²) in [6, 6.07) is 0. The Morgan fingerprint density at radius 3 is 2.00 bits per heavy atom. The maximum atomic E-state index is 9.11. The molecular formula is C13H28O2. The highest BCUT2D eigenvalue weighted by molar-refractivity contribution is 4.80. The molecule has 0 spiro atoms. The maximum absolute atomic E-state index is 9.11. The highest BCUT2D eigenvalue weighted by Crippen LogP contribution is 2.28. The Kier molecular flexibility index (Phi) is 9.12. The van der Waals surface area contributed by atoms with E-state index < -0.39 is 0 Å². The van der Waals surface area contributed by atoms with Crippen LogP contribution in [0.5, 0.6) is 0 Å². The van der Waals surface area contributed by atoms with Crippen molar-refractivity contribution in [1.82, 2.24) is 0 Å². The largest absolute Gasteiger partial charge is 0.396 e. The van der Waals surface area contributed by atoms with Crippen molar-refractivity contribution >= 4 is 0 Å². The highest BCUT2D eigenvalue weighted by Gasteiger charge is 2.27. The molecular weight excluding hydrogens is 188 g/mol. The van der Waals surface area contributed by atoms with E-state index in [9.17, 15) is 0 Å². The Hall–Kier alpha value is -0.0800. The van der Waals surface area contributed by atoms with Gasteiger partial charge in [0.2, 0.25) is 0 Å². The molecule has 0 saturated carbocycles. The molecule has 2 heteroatoms. The van der Waals surface area contributed by atoms with Crippen LogP contribution in [-0.2, 0) is 4.74 Å². The van der Waals surface area contributed by atoms with Gasteiger partial charge in [0.05, 0.1) is 5.60 Å². The molecule has 0 amide bonds. The van der Waals surface area contributed by atoms with Gasteiger partial charge in [-0.2, -0.15) is 0 Å². The van der Waals surface area contributed by atoms with Crippen molar-refractivity contribution in [2.45, 2.75) is 70.8 Å². The van der Waals surface area contributed by atoms with Crippen LogP contribution in [0.3, 0.4) is 0 Å². The smallest absolute Gasteiger partial charge is 0.0700 e. The van der Waals surface area contributed by atoms with Crippen LogP contribution in [0.25, 0.3) is 0 Å². The minimum atomic E-state index is -0.0556. The molecule has 0 aliphatic rings. The van der Waals surface area contributed by atoms with Gasteiger partial charge in [-0.15, -0.1) is 0 Å². The molecule has 92 valence electrons. The van der Waals surface area contributed by atoms with Crippen LogP contribution >= 0.6 is 0 Å². The molecule has 0 aromatic rings. The minimum absolute atomic E-state index is 0.0556. The van der Waals surface area contributed by atoms with Gasteiger partial charge in [0.15, 0.2) is 0 Å². The zero-order chi connectivity index (χ0) is 11.6. The van der Waals surface area contributed by atoms with Crippen molar-refractivity contribution in [2.24, 2.45) is 0 Å². The lowest BCUT2D eigenvalue weighted by molar-refractivity contribution is -0.0441. The van der Waals surface area contributed by atoms with E-state index in [1.807, 2.05) is 0 Å². The molecule has 2 nitrogen and oxygen atoms in total. The van der Waals surface area contributed by atoms with E-state index in [-0.39, 0.29) is 12.2 Å². The van der Waals surface area contributed by atoms with Crippen LogP contribution in [0.1, 0.15) is 65.2 Å². The molecule has 0 saturated heterocycles. The lowest BCUT2D eigenvalue weighted by Crippen LogP contribution is -2.32. The van der Waals surface area contributed by atoms with Crippen LogP contribution < -0.4 is 0 Å². The van der Waals surface area contributed by atoms with E-state index in [4.69, 9.17) is 9.84 Å². The Balaban J connectivity index is 4.09. The summed E-state index contributed by atoms with van der Waals surface area (Å²) < 4.78 is 5.67. The van der Waals surface area contributed by atoms with Crippen molar-refractivity contribution in [1.29, 1.82) is 0 Å². The highest BCUT2D eigenvalue weighted by atomic mass is 16.5. The van der Waals surface area contributed by atoms with Gasteiger partial charge in [-0.25, -0.2) is 0 Å². The van der Waals surface area contributed by atoms with E-state index in [1.54, 1.807) is 7.11 Å². The van der Waals surface area contributed by atoms with E-state index in [1.165, 1.54) is 32.1 Å². The Labute approximate surface area is 95.0 Å². The average molecular weight is 216 g/mol. The zero-order valence-electron chi connectivity index (χ0n) is 10.7. The number of rotatable bonds is 10. The second-order valence-electron chi connectivity index (χ2n) is 4.42. The fourth-order valence-corrected chi connectivity index (χ4v) is 2.08. The summed E-state index contributed by atoms with van der Waals surface area (Å²) >= 11 is 0. The fraction of sp³-hybridized carbons (Fsp3) is 1.00. The standard InChI is InChI=1S/C13H28O2/c1-4-6-8-10-13(15-3,11-12-14)9-7-5-2/h14H,4-12H2,1-3H3. The van der Waals surface area contributed by atoms with Gasteiger partial charge >= 0.3 is 0 Å². The molecule has 15 heavy (non-hydrogen) atoms. The second-order valence-corrected chi connectivity index (χ2v) is 4.42. The monoisotopic (exact) mass is 216 g/mol. The van der Waals surface area contributed by atoms with Gasteiger partial charge in [0, 0.05) is 13.7 Å². The zero-order valence-corrected chi connectivity index (χ0v) is 10.7. The van der Waals surface area contributed by atoms with Crippen molar-refractivity contribution in [2.75, 3.05) is 13.7 Å². The van der Waals surface area contributed by atoms with Crippen LogP contribution in [0.15, 0.2) is 0 Å². The molecule has 0 aromatic carbocycles. The van der Waals surface area contributed by atoms with Crippen LogP contribution in [0.4, 0.5) is 0 Å². The SMILES string of the molecule is CCCCCC(CCO)(CCCC)OC. The summed E-state index contributed by atoms with van der Waals surface area (Å²) in [6.45, 7) is 4.65. The number of aliphatic hydroxyl groups is 1. The molecule has 0 bridgehead atoms. The van der Waals surface area contributed by atoms with Crippen molar-refractivity contribution in [3.63, 3.8) is 0 Å². The van der Waals surface area contributed by atoms with Gasteiger partial charge < -0.3 is 9.84 Å². The average Bonchev–Trinajstić information content (AvgIpc) is 2.26. The van der Waals surface area contributed by atoms with E-state index in [0.29, 0.717) is 0 Å². The number of unbranched alkanes of at least 4 members (excludes halogenated alkanes) is 3. The van der Waals surface area contributed by atoms with E-state index >= 15 is 0 Å². The number of methoxy groups -OCH3 is 1. The number of ether oxygens (including phenoxy) is 1. The Morgan fingerprint density at radius 1 is 0.933 bits per heavy atom. The molecule has 0 rings (SSSR count). The van der Waals surface area contributed by atoms with Gasteiger partial charge in [0.1, 0.15) is 0 Å². The van der Waals surface area contributed by atoms with Crippen LogP contribution in [0.2, 0.25) is 0 Å². The lowest BCUT2D eigenvalue weighted by atomic mass is 9.87. The molecule has 0 heterocycles. The third kappa shape index (κ3) is 6.16. The molecule has 0 aromatic heterocycles. The summed E-state index contributed by atoms with van der Waals surface area (Å²) in [4.78, 5) is 0. The predicted molar refractivity (Wildman–Crippen MR) is 65.1 cm³/mol.